The van der Waals surface area contributed by atoms with Gasteiger partial charge in [0.1, 0.15) is 0 Å². The van der Waals surface area contributed by atoms with E-state index in [0.717, 1.165) is 12.0 Å². The number of aliphatic hydroxyl groups is 1. The van der Waals surface area contributed by atoms with Gasteiger partial charge in [0.2, 0.25) is 0 Å². The molecule has 1 N–H and O–H groups in total. The molecule has 1 aromatic carbocycles. The molecule has 5 nitrogen and oxygen atoms in total. The van der Waals surface area contributed by atoms with Gasteiger partial charge in [0.15, 0.2) is 0 Å². The second-order valence-corrected chi connectivity index (χ2v) is 16.0. The van der Waals surface area contributed by atoms with Gasteiger partial charge < -0.3 is 9.84 Å². The molecule has 0 spiro atoms. The van der Waals surface area contributed by atoms with Crippen LogP contribution in [0.1, 0.15) is 31.2 Å². The van der Waals surface area contributed by atoms with Crippen molar-refractivity contribution in [2.75, 3.05) is 13.2 Å². The molecule has 0 saturated carbocycles. The molecule has 3 atom stereocenters. The minimum atomic E-state index is -3.88. The van der Waals surface area contributed by atoms with Gasteiger partial charge in [-0.25, -0.2) is 0 Å². The van der Waals surface area contributed by atoms with E-state index in [1.165, 1.54) is 17.3 Å². The largest absolute Gasteiger partial charge is 0.396 e. The van der Waals surface area contributed by atoms with Crippen LogP contribution in [0.15, 0.2) is 40.4 Å². The third-order valence-electron chi connectivity index (χ3n) is 5.15. The van der Waals surface area contributed by atoms with Gasteiger partial charge in [0, 0.05) is 6.61 Å². The number of aryl methyl sites for hydroxylation is 1. The van der Waals surface area contributed by atoms with Crippen molar-refractivity contribution in [2.24, 2.45) is 0 Å². The van der Waals surface area contributed by atoms with Crippen molar-refractivity contribution in [3.05, 3.63) is 41.1 Å². The summed E-state index contributed by atoms with van der Waals surface area (Å²) in [5.74, 6) is 0. The maximum Gasteiger partial charge on any atom is 0.297 e. The smallest absolute Gasteiger partial charge is 0.297 e. The lowest BCUT2D eigenvalue weighted by molar-refractivity contribution is -0.0403. The molecule has 0 bridgehead atoms. The topological polar surface area (TPSA) is 72.8 Å². The Hall–Kier alpha value is -0.703. The molecule has 1 aromatic rings. The number of aliphatic hydroxyl groups excluding tert-OH is 1. The molecule has 1 aliphatic heterocycles. The van der Waals surface area contributed by atoms with Crippen LogP contribution in [0.25, 0.3) is 0 Å². The van der Waals surface area contributed by atoms with Gasteiger partial charge in [0.25, 0.3) is 10.1 Å². The zero-order chi connectivity index (χ0) is 21.7. The summed E-state index contributed by atoms with van der Waals surface area (Å²) in [6.07, 6.45) is 4.29. The van der Waals surface area contributed by atoms with Gasteiger partial charge in [-0.3, -0.25) is 4.18 Å². The van der Waals surface area contributed by atoms with E-state index in [1.54, 1.807) is 12.1 Å². The highest BCUT2D eigenvalue weighted by Crippen LogP contribution is 2.30. The van der Waals surface area contributed by atoms with Crippen LogP contribution < -0.4 is 0 Å². The lowest BCUT2D eigenvalue weighted by atomic mass is 10.1. The summed E-state index contributed by atoms with van der Waals surface area (Å²) >= 11 is 6.59. The average molecular weight is 461 g/mol. The van der Waals surface area contributed by atoms with Crippen molar-refractivity contribution in [1.82, 2.24) is 0 Å². The van der Waals surface area contributed by atoms with Crippen LogP contribution in [-0.2, 0) is 19.0 Å². The van der Waals surface area contributed by atoms with E-state index < -0.39 is 24.3 Å². The van der Waals surface area contributed by atoms with Crippen LogP contribution in [0.5, 0.6) is 0 Å². The molecule has 0 radical (unpaired) electrons. The Balaban J connectivity index is 2.14. The number of benzene rings is 1. The quantitative estimate of drug-likeness (QED) is 0.353. The highest BCUT2D eigenvalue weighted by atomic mass is 35.5. The standard InChI is InChI=1S/C21H33ClO5SSi/c1-16-7-9-18(10-8-16)28(24,25)26-15-21-20(22)12-11-19(29(2,3)4)14-17(27-21)6-5-13-23/h7-11,17,20-21,23H,5-6,12-15H2,1-4H3/b19-11+. The zero-order valence-corrected chi connectivity index (χ0v) is 20.3. The summed E-state index contributed by atoms with van der Waals surface area (Å²) in [6, 6.07) is 6.55. The minimum absolute atomic E-state index is 0.0964. The third kappa shape index (κ3) is 7.49. The first-order valence-electron chi connectivity index (χ1n) is 10.1. The van der Waals surface area contributed by atoms with Gasteiger partial charge in [0.05, 0.1) is 37.2 Å². The van der Waals surface area contributed by atoms with Crippen molar-refractivity contribution in [3.8, 4) is 0 Å². The van der Waals surface area contributed by atoms with E-state index >= 15 is 0 Å². The predicted molar refractivity (Wildman–Crippen MR) is 120 cm³/mol. The van der Waals surface area contributed by atoms with E-state index in [4.69, 9.17) is 20.5 Å². The molecular formula is C21H33ClO5SSi. The monoisotopic (exact) mass is 460 g/mol. The molecule has 0 saturated heterocycles. The first-order chi connectivity index (χ1) is 13.5. The summed E-state index contributed by atoms with van der Waals surface area (Å²) in [5.41, 5.74) is 0.977. The normalized spacial score (nSPS) is 25.7. The molecular weight excluding hydrogens is 428 g/mol. The van der Waals surface area contributed by atoms with Crippen LogP contribution in [0, 0.1) is 6.92 Å². The molecule has 29 heavy (non-hydrogen) atoms. The SMILES string of the molecule is Cc1ccc(S(=O)(=O)OCC2OC(CCCO)C/C([Si](C)(C)C)=C\CC2Cl)cc1. The van der Waals surface area contributed by atoms with E-state index in [9.17, 15) is 13.5 Å². The number of alkyl halides is 1. The summed E-state index contributed by atoms with van der Waals surface area (Å²) in [6.45, 7) is 8.74. The fraction of sp³-hybridized carbons (Fsp3) is 0.619. The fourth-order valence-corrected chi connectivity index (χ4v) is 6.00. The molecule has 0 fully saturated rings. The first kappa shape index (κ1) is 24.6. The molecule has 8 heteroatoms. The second kappa shape index (κ2) is 10.6. The van der Waals surface area contributed by atoms with Crippen LogP contribution in [0.2, 0.25) is 19.6 Å². The fourth-order valence-electron chi connectivity index (χ4n) is 3.29. The maximum atomic E-state index is 12.5. The lowest BCUT2D eigenvalue weighted by Gasteiger charge is -2.33. The molecule has 0 aliphatic carbocycles. The minimum Gasteiger partial charge on any atom is -0.396 e. The predicted octanol–water partition coefficient (Wildman–Crippen LogP) is 4.43. The van der Waals surface area contributed by atoms with Crippen molar-refractivity contribution in [1.29, 1.82) is 0 Å². The van der Waals surface area contributed by atoms with Gasteiger partial charge in [-0.05, 0) is 44.7 Å². The Kier molecular flexibility index (Phi) is 8.94. The van der Waals surface area contributed by atoms with Gasteiger partial charge in [-0.15, -0.1) is 11.6 Å². The molecule has 0 aromatic heterocycles. The van der Waals surface area contributed by atoms with E-state index in [-0.39, 0.29) is 29.6 Å². The van der Waals surface area contributed by atoms with Crippen molar-refractivity contribution in [2.45, 2.75) is 74.7 Å². The summed E-state index contributed by atoms with van der Waals surface area (Å²) < 4.78 is 36.6. The van der Waals surface area contributed by atoms with E-state index in [2.05, 4.69) is 25.7 Å². The summed E-state index contributed by atoms with van der Waals surface area (Å²) in [7, 11) is -5.38. The highest BCUT2D eigenvalue weighted by Gasteiger charge is 2.31. The van der Waals surface area contributed by atoms with Gasteiger partial charge in [-0.1, -0.05) is 48.6 Å². The van der Waals surface area contributed by atoms with Crippen LogP contribution in [0.4, 0.5) is 0 Å². The van der Waals surface area contributed by atoms with Crippen molar-refractivity contribution >= 4 is 29.8 Å². The zero-order valence-electron chi connectivity index (χ0n) is 17.7. The lowest BCUT2D eigenvalue weighted by Crippen LogP contribution is -2.38. The maximum absolute atomic E-state index is 12.5. The van der Waals surface area contributed by atoms with E-state index in [0.29, 0.717) is 19.3 Å². The van der Waals surface area contributed by atoms with Crippen LogP contribution in [-0.4, -0.2) is 52.4 Å². The molecule has 1 heterocycles. The average Bonchev–Trinajstić information content (AvgIpc) is 2.63. The molecule has 0 amide bonds. The number of hydrogen-bond acceptors (Lipinski definition) is 5. The highest BCUT2D eigenvalue weighted by molar-refractivity contribution is 7.86. The number of rotatable bonds is 8. The number of ether oxygens (including phenoxy) is 1. The molecule has 1 aliphatic rings. The first-order valence-corrected chi connectivity index (χ1v) is 15.4. The number of allylic oxidation sites excluding steroid dienone is 1. The second-order valence-electron chi connectivity index (χ2n) is 8.65. The third-order valence-corrected chi connectivity index (χ3v) is 9.24. The Morgan fingerprint density at radius 1 is 1.24 bits per heavy atom. The molecule has 164 valence electrons. The Morgan fingerprint density at radius 2 is 1.90 bits per heavy atom. The Morgan fingerprint density at radius 3 is 2.48 bits per heavy atom. The molecule has 3 unspecified atom stereocenters. The summed E-state index contributed by atoms with van der Waals surface area (Å²) in [4.78, 5) is 0.123. The number of halogens is 1. The summed E-state index contributed by atoms with van der Waals surface area (Å²) in [5, 5.41) is 10.2. The van der Waals surface area contributed by atoms with Gasteiger partial charge in [-0.2, -0.15) is 8.42 Å². The van der Waals surface area contributed by atoms with Crippen LogP contribution in [0.3, 0.4) is 0 Å². The van der Waals surface area contributed by atoms with E-state index in [1.807, 2.05) is 6.92 Å². The van der Waals surface area contributed by atoms with Crippen molar-refractivity contribution in [3.63, 3.8) is 0 Å². The van der Waals surface area contributed by atoms with Gasteiger partial charge >= 0.3 is 0 Å². The Bertz CT molecular complexity index is 786. The van der Waals surface area contributed by atoms with Crippen molar-refractivity contribution < 1.29 is 22.4 Å². The number of hydrogen-bond donors (Lipinski definition) is 1. The Labute approximate surface area is 181 Å². The molecule has 2 rings (SSSR count). The van der Waals surface area contributed by atoms with Crippen LogP contribution >= 0.6 is 11.6 Å².